The molecule has 0 saturated heterocycles. The second-order valence-corrected chi connectivity index (χ2v) is 4.44. The van der Waals surface area contributed by atoms with Crippen LogP contribution in [0, 0.1) is 0 Å². The molecular weight excluding hydrogens is 200 g/mol. The second kappa shape index (κ2) is 5.69. The van der Waals surface area contributed by atoms with Gasteiger partial charge in [-0.25, -0.2) is 0 Å². The van der Waals surface area contributed by atoms with Crippen LogP contribution >= 0.6 is 0 Å². The molecule has 1 atom stereocenters. The van der Waals surface area contributed by atoms with Crippen molar-refractivity contribution in [2.75, 3.05) is 0 Å². The third kappa shape index (κ3) is 2.63. The zero-order valence-electron chi connectivity index (χ0n) is 10.5. The zero-order chi connectivity index (χ0) is 12.1. The van der Waals surface area contributed by atoms with Gasteiger partial charge in [0.1, 0.15) is 5.75 Å². The summed E-state index contributed by atoms with van der Waals surface area (Å²) in [6, 6.07) is 6.10. The average molecular weight is 220 g/mol. The van der Waals surface area contributed by atoms with Gasteiger partial charge in [0.25, 0.3) is 6.47 Å². The van der Waals surface area contributed by atoms with Gasteiger partial charge in [-0.1, -0.05) is 45.9 Å². The summed E-state index contributed by atoms with van der Waals surface area (Å²) in [7, 11) is 0. The van der Waals surface area contributed by atoms with E-state index in [9.17, 15) is 4.79 Å². The predicted molar refractivity (Wildman–Crippen MR) is 65.9 cm³/mol. The Balaban J connectivity index is 3.25. The van der Waals surface area contributed by atoms with E-state index in [1.54, 1.807) is 0 Å². The molecule has 0 saturated carbocycles. The minimum Gasteiger partial charge on any atom is -0.428 e. The average Bonchev–Trinajstić information content (AvgIpc) is 2.28. The van der Waals surface area contributed by atoms with Gasteiger partial charge in [-0.3, -0.25) is 4.79 Å². The minimum atomic E-state index is 0.360. The maximum atomic E-state index is 10.6. The van der Waals surface area contributed by atoms with Crippen LogP contribution in [0.25, 0.3) is 0 Å². The number of carbonyl (C=O) groups excluding carboxylic acids is 1. The Morgan fingerprint density at radius 1 is 1.25 bits per heavy atom. The molecule has 88 valence electrons. The van der Waals surface area contributed by atoms with E-state index in [-0.39, 0.29) is 0 Å². The molecule has 2 nitrogen and oxygen atoms in total. The van der Waals surface area contributed by atoms with Crippen molar-refractivity contribution in [2.24, 2.45) is 0 Å². The monoisotopic (exact) mass is 220 g/mol. The molecule has 0 aliphatic heterocycles. The summed E-state index contributed by atoms with van der Waals surface area (Å²) in [6.45, 7) is 9.02. The lowest BCUT2D eigenvalue weighted by atomic mass is 9.92. The van der Waals surface area contributed by atoms with Crippen LogP contribution in [0.2, 0.25) is 0 Å². The highest BCUT2D eigenvalue weighted by atomic mass is 16.5. The van der Waals surface area contributed by atoms with E-state index in [1.807, 2.05) is 18.2 Å². The number of rotatable bonds is 5. The Morgan fingerprint density at radius 3 is 2.38 bits per heavy atom. The molecule has 0 aliphatic carbocycles. The largest absolute Gasteiger partial charge is 0.428 e. The fourth-order valence-electron chi connectivity index (χ4n) is 1.82. The van der Waals surface area contributed by atoms with Gasteiger partial charge in [0.15, 0.2) is 0 Å². The summed E-state index contributed by atoms with van der Waals surface area (Å²) in [5.41, 5.74) is 2.23. The van der Waals surface area contributed by atoms with E-state index in [1.165, 1.54) is 0 Å². The molecule has 1 aromatic carbocycles. The standard InChI is InChI=1S/C14H20O2/c1-5-11(4)13-8-6-7-12(10(2)3)14(13)16-9-15/h6-11H,5H2,1-4H3. The number of benzene rings is 1. The molecule has 1 unspecified atom stereocenters. The van der Waals surface area contributed by atoms with Crippen LogP contribution in [0.5, 0.6) is 5.75 Å². The van der Waals surface area contributed by atoms with Gasteiger partial charge in [0.2, 0.25) is 0 Å². The number of ether oxygens (including phenoxy) is 1. The molecule has 0 spiro atoms. The normalized spacial score (nSPS) is 12.6. The summed E-state index contributed by atoms with van der Waals surface area (Å²) in [4.78, 5) is 10.6. The SMILES string of the molecule is CCC(C)c1cccc(C(C)C)c1OC=O. The highest BCUT2D eigenvalue weighted by molar-refractivity contribution is 5.53. The first kappa shape index (κ1) is 12.8. The molecule has 0 fully saturated rings. The summed E-state index contributed by atoms with van der Waals surface area (Å²) in [6.07, 6.45) is 1.04. The topological polar surface area (TPSA) is 26.3 Å². The van der Waals surface area contributed by atoms with Crippen molar-refractivity contribution in [3.8, 4) is 5.75 Å². The molecule has 1 aromatic rings. The van der Waals surface area contributed by atoms with Crippen LogP contribution in [0.1, 0.15) is 57.1 Å². The first-order chi connectivity index (χ1) is 7.61. The van der Waals surface area contributed by atoms with Gasteiger partial charge in [-0.15, -0.1) is 0 Å². The van der Waals surface area contributed by atoms with Crippen molar-refractivity contribution in [1.29, 1.82) is 0 Å². The van der Waals surface area contributed by atoms with E-state index in [2.05, 4.69) is 27.7 Å². The van der Waals surface area contributed by atoms with Crippen LogP contribution < -0.4 is 4.74 Å². The van der Waals surface area contributed by atoms with Crippen LogP contribution in [0.3, 0.4) is 0 Å². The molecule has 1 rings (SSSR count). The highest BCUT2D eigenvalue weighted by Crippen LogP contribution is 2.35. The third-order valence-corrected chi connectivity index (χ3v) is 3.01. The van der Waals surface area contributed by atoms with E-state index in [0.717, 1.165) is 23.3 Å². The fraction of sp³-hybridized carbons (Fsp3) is 0.500. The predicted octanol–water partition coefficient (Wildman–Crippen LogP) is 3.86. The van der Waals surface area contributed by atoms with Gasteiger partial charge < -0.3 is 4.74 Å². The lowest BCUT2D eigenvalue weighted by molar-refractivity contribution is -0.120. The number of hydrogen-bond donors (Lipinski definition) is 0. The lowest BCUT2D eigenvalue weighted by Gasteiger charge is -2.18. The molecule has 0 amide bonds. The number of hydrogen-bond acceptors (Lipinski definition) is 2. The quantitative estimate of drug-likeness (QED) is 0.704. The molecule has 0 aromatic heterocycles. The summed E-state index contributed by atoms with van der Waals surface area (Å²) >= 11 is 0. The molecule has 0 heterocycles. The Morgan fingerprint density at radius 2 is 1.88 bits per heavy atom. The Labute approximate surface area is 97.6 Å². The van der Waals surface area contributed by atoms with Gasteiger partial charge in [-0.2, -0.15) is 0 Å². The van der Waals surface area contributed by atoms with Crippen LogP contribution in [0.4, 0.5) is 0 Å². The van der Waals surface area contributed by atoms with E-state index >= 15 is 0 Å². The zero-order valence-corrected chi connectivity index (χ0v) is 10.5. The third-order valence-electron chi connectivity index (χ3n) is 3.01. The Hall–Kier alpha value is -1.31. The smallest absolute Gasteiger partial charge is 0.298 e. The van der Waals surface area contributed by atoms with Crippen LogP contribution in [-0.4, -0.2) is 6.47 Å². The Bertz CT molecular complexity index is 356. The van der Waals surface area contributed by atoms with E-state index < -0.39 is 0 Å². The van der Waals surface area contributed by atoms with Crippen molar-refractivity contribution in [2.45, 2.75) is 46.0 Å². The van der Waals surface area contributed by atoms with Gasteiger partial charge in [0.05, 0.1) is 0 Å². The minimum absolute atomic E-state index is 0.360. The van der Waals surface area contributed by atoms with E-state index in [0.29, 0.717) is 18.3 Å². The van der Waals surface area contributed by atoms with Gasteiger partial charge in [0, 0.05) is 0 Å². The molecule has 0 N–H and O–H groups in total. The first-order valence-corrected chi connectivity index (χ1v) is 5.84. The van der Waals surface area contributed by atoms with Crippen molar-refractivity contribution in [3.05, 3.63) is 29.3 Å². The van der Waals surface area contributed by atoms with Crippen molar-refractivity contribution in [1.82, 2.24) is 0 Å². The molecular formula is C14H20O2. The molecule has 2 heteroatoms. The Kier molecular flexibility index (Phi) is 4.53. The molecule has 0 bridgehead atoms. The first-order valence-electron chi connectivity index (χ1n) is 5.84. The van der Waals surface area contributed by atoms with Gasteiger partial charge in [-0.05, 0) is 29.4 Å². The summed E-state index contributed by atoms with van der Waals surface area (Å²) < 4.78 is 5.17. The van der Waals surface area contributed by atoms with Crippen molar-refractivity contribution >= 4 is 6.47 Å². The second-order valence-electron chi connectivity index (χ2n) is 4.44. The molecule has 16 heavy (non-hydrogen) atoms. The number of carbonyl (C=O) groups is 1. The van der Waals surface area contributed by atoms with Crippen LogP contribution in [-0.2, 0) is 4.79 Å². The van der Waals surface area contributed by atoms with Gasteiger partial charge >= 0.3 is 0 Å². The fourth-order valence-corrected chi connectivity index (χ4v) is 1.82. The summed E-state index contributed by atoms with van der Waals surface area (Å²) in [5, 5.41) is 0. The van der Waals surface area contributed by atoms with Crippen LogP contribution in [0.15, 0.2) is 18.2 Å². The molecule has 0 aliphatic rings. The van der Waals surface area contributed by atoms with Crippen molar-refractivity contribution < 1.29 is 9.53 Å². The van der Waals surface area contributed by atoms with Crippen molar-refractivity contribution in [3.63, 3.8) is 0 Å². The lowest BCUT2D eigenvalue weighted by Crippen LogP contribution is -2.03. The highest BCUT2D eigenvalue weighted by Gasteiger charge is 2.15. The maximum Gasteiger partial charge on any atom is 0.298 e. The maximum absolute atomic E-state index is 10.6. The summed E-state index contributed by atoms with van der Waals surface area (Å²) in [5.74, 6) is 1.52. The molecule has 0 radical (unpaired) electrons. The van der Waals surface area contributed by atoms with E-state index in [4.69, 9.17) is 4.74 Å². The number of para-hydroxylation sites is 1.